The van der Waals surface area contributed by atoms with Gasteiger partial charge in [-0.2, -0.15) is 0 Å². The van der Waals surface area contributed by atoms with Crippen molar-refractivity contribution in [3.63, 3.8) is 0 Å². The Bertz CT molecular complexity index is 1420. The minimum absolute atomic E-state index is 0.0845. The van der Waals surface area contributed by atoms with Gasteiger partial charge in [0.1, 0.15) is 12.6 Å². The van der Waals surface area contributed by atoms with Crippen LogP contribution >= 0.6 is 0 Å². The van der Waals surface area contributed by atoms with E-state index in [-0.39, 0.29) is 18.5 Å². The van der Waals surface area contributed by atoms with Crippen molar-refractivity contribution in [3.8, 4) is 0 Å². The molecule has 7 nitrogen and oxygen atoms in total. The molecule has 0 bridgehead atoms. The number of amides is 2. The van der Waals surface area contributed by atoms with Gasteiger partial charge in [-0.25, -0.2) is 8.42 Å². The van der Waals surface area contributed by atoms with Gasteiger partial charge in [0.25, 0.3) is 0 Å². The molecule has 0 spiro atoms. The van der Waals surface area contributed by atoms with E-state index in [4.69, 9.17) is 0 Å². The zero-order valence-corrected chi connectivity index (χ0v) is 25.1. The first kappa shape index (κ1) is 30.3. The quantitative estimate of drug-likeness (QED) is 0.329. The zero-order valence-electron chi connectivity index (χ0n) is 24.3. The number of hydrogen-bond donors (Lipinski definition) is 1. The molecule has 1 saturated carbocycles. The first-order valence-corrected chi connectivity index (χ1v) is 16.2. The fourth-order valence-corrected chi connectivity index (χ4v) is 6.29. The normalized spacial score (nSPS) is 14.4. The molecule has 0 saturated heterocycles. The summed E-state index contributed by atoms with van der Waals surface area (Å²) in [6.45, 7) is 3.79. The lowest BCUT2D eigenvalue weighted by molar-refractivity contribution is -0.140. The minimum Gasteiger partial charge on any atom is -0.352 e. The number of rotatable bonds is 12. The van der Waals surface area contributed by atoms with Crippen molar-refractivity contribution in [1.82, 2.24) is 10.2 Å². The average Bonchev–Trinajstić information content (AvgIpc) is 3.46. The largest absolute Gasteiger partial charge is 0.352 e. The third kappa shape index (κ3) is 8.43. The molecule has 1 fully saturated rings. The Morgan fingerprint density at radius 1 is 0.902 bits per heavy atom. The predicted molar refractivity (Wildman–Crippen MR) is 164 cm³/mol. The van der Waals surface area contributed by atoms with Gasteiger partial charge in [0.15, 0.2) is 0 Å². The minimum atomic E-state index is -3.78. The molecule has 1 aliphatic rings. The molecule has 1 aliphatic carbocycles. The van der Waals surface area contributed by atoms with Crippen LogP contribution in [0.3, 0.4) is 0 Å². The summed E-state index contributed by atoms with van der Waals surface area (Å²) in [6.07, 6.45) is 6.23. The van der Waals surface area contributed by atoms with E-state index in [1.165, 1.54) is 0 Å². The number of carbonyl (C=O) groups is 2. The first-order valence-electron chi connectivity index (χ1n) is 14.4. The number of nitrogens with one attached hydrogen (secondary N) is 1. The van der Waals surface area contributed by atoms with Crippen LogP contribution in [0.25, 0.3) is 0 Å². The molecule has 3 aromatic rings. The highest BCUT2D eigenvalue weighted by Crippen LogP contribution is 2.23. The summed E-state index contributed by atoms with van der Waals surface area (Å²) in [4.78, 5) is 29.7. The lowest BCUT2D eigenvalue weighted by Gasteiger charge is -2.34. The van der Waals surface area contributed by atoms with Crippen molar-refractivity contribution in [1.29, 1.82) is 0 Å². The number of carbonyl (C=O) groups excluding carboxylic acids is 2. The van der Waals surface area contributed by atoms with Gasteiger partial charge >= 0.3 is 0 Å². The molecule has 0 aliphatic heterocycles. The molecule has 1 atom stereocenters. The maximum absolute atomic E-state index is 14.2. The summed E-state index contributed by atoms with van der Waals surface area (Å²) in [5.41, 5.74) is 4.34. The van der Waals surface area contributed by atoms with Crippen LogP contribution in [0.15, 0.2) is 78.9 Å². The predicted octanol–water partition coefficient (Wildman–Crippen LogP) is 5.02. The fraction of sp³-hybridized carbons (Fsp3) is 0.394. The first-order chi connectivity index (χ1) is 19.6. The van der Waals surface area contributed by atoms with Crippen molar-refractivity contribution in [3.05, 3.63) is 101 Å². The smallest absolute Gasteiger partial charge is 0.244 e. The van der Waals surface area contributed by atoms with Crippen LogP contribution in [0.2, 0.25) is 0 Å². The van der Waals surface area contributed by atoms with E-state index in [0.29, 0.717) is 12.1 Å². The van der Waals surface area contributed by atoms with Gasteiger partial charge < -0.3 is 10.2 Å². The fourth-order valence-electron chi connectivity index (χ4n) is 5.44. The zero-order chi connectivity index (χ0) is 29.4. The molecule has 2 amide bonds. The third-order valence-corrected chi connectivity index (χ3v) is 8.86. The standard InChI is InChI=1S/C33H41N3O4S/c1-4-26-17-19-30(20-18-26)36(41(3,39)40)24-32(37)35(23-28-14-10-11-25(2)21-28)31(22-27-12-6-5-7-13-27)33(38)34-29-15-8-9-16-29/h5-7,10-14,17-21,29,31H,4,8-9,15-16,22-24H2,1-3H3,(H,34,38). The number of benzene rings is 3. The Labute approximate surface area is 244 Å². The van der Waals surface area contributed by atoms with E-state index in [2.05, 4.69) is 5.32 Å². The lowest BCUT2D eigenvalue weighted by Crippen LogP contribution is -2.54. The van der Waals surface area contributed by atoms with Gasteiger partial charge in [0, 0.05) is 19.0 Å². The molecule has 1 N–H and O–H groups in total. The number of anilines is 1. The third-order valence-electron chi connectivity index (χ3n) is 7.72. The van der Waals surface area contributed by atoms with Gasteiger partial charge in [-0.05, 0) is 55.0 Å². The summed E-state index contributed by atoms with van der Waals surface area (Å²) in [6, 6.07) is 23.9. The molecule has 4 rings (SSSR count). The van der Waals surface area contributed by atoms with Crippen LogP contribution in [0.4, 0.5) is 5.69 Å². The SMILES string of the molecule is CCc1ccc(N(CC(=O)N(Cc2cccc(C)c2)C(Cc2ccccc2)C(=O)NC2CCCC2)S(C)(=O)=O)cc1. The van der Waals surface area contributed by atoms with Crippen molar-refractivity contribution in [2.45, 2.75) is 71.0 Å². The van der Waals surface area contributed by atoms with Crippen molar-refractivity contribution >= 4 is 27.5 Å². The highest BCUT2D eigenvalue weighted by molar-refractivity contribution is 7.92. The van der Waals surface area contributed by atoms with E-state index >= 15 is 0 Å². The summed E-state index contributed by atoms with van der Waals surface area (Å²) in [7, 11) is -3.78. The van der Waals surface area contributed by atoms with Gasteiger partial charge in [-0.15, -0.1) is 0 Å². The van der Waals surface area contributed by atoms with Gasteiger partial charge in [0.05, 0.1) is 11.9 Å². The summed E-state index contributed by atoms with van der Waals surface area (Å²) in [5, 5.41) is 3.19. The molecular weight excluding hydrogens is 534 g/mol. The van der Waals surface area contributed by atoms with Crippen LogP contribution in [-0.4, -0.2) is 50.0 Å². The maximum atomic E-state index is 14.2. The lowest BCUT2D eigenvalue weighted by atomic mass is 10.0. The van der Waals surface area contributed by atoms with Crippen molar-refractivity contribution in [2.75, 3.05) is 17.1 Å². The van der Waals surface area contributed by atoms with Gasteiger partial charge in [-0.3, -0.25) is 13.9 Å². The topological polar surface area (TPSA) is 86.8 Å². The molecule has 0 aromatic heterocycles. The summed E-state index contributed by atoms with van der Waals surface area (Å²) >= 11 is 0. The highest BCUT2D eigenvalue weighted by atomic mass is 32.2. The van der Waals surface area contributed by atoms with Crippen molar-refractivity contribution < 1.29 is 18.0 Å². The molecule has 1 unspecified atom stereocenters. The molecule has 41 heavy (non-hydrogen) atoms. The second-order valence-electron chi connectivity index (χ2n) is 11.0. The van der Waals surface area contributed by atoms with Crippen LogP contribution in [-0.2, 0) is 39.0 Å². The van der Waals surface area contributed by atoms with Crippen LogP contribution < -0.4 is 9.62 Å². The molecule has 8 heteroatoms. The van der Waals surface area contributed by atoms with Crippen molar-refractivity contribution in [2.24, 2.45) is 0 Å². The maximum Gasteiger partial charge on any atom is 0.244 e. The van der Waals surface area contributed by atoms with Crippen LogP contribution in [0, 0.1) is 6.92 Å². The summed E-state index contributed by atoms with van der Waals surface area (Å²) in [5.74, 6) is -0.640. The average molecular weight is 576 g/mol. The molecule has 0 radical (unpaired) electrons. The van der Waals surface area contributed by atoms with Gasteiger partial charge in [-0.1, -0.05) is 92.1 Å². The highest BCUT2D eigenvalue weighted by Gasteiger charge is 2.34. The Kier molecular flexibility index (Phi) is 10.2. The van der Waals surface area contributed by atoms with Gasteiger partial charge in [0.2, 0.25) is 21.8 Å². The molecule has 218 valence electrons. The number of sulfonamides is 1. The van der Waals surface area contributed by atoms with E-state index in [1.807, 2.05) is 80.6 Å². The Morgan fingerprint density at radius 3 is 2.17 bits per heavy atom. The molecule has 0 heterocycles. The molecular formula is C33H41N3O4S. The second-order valence-corrected chi connectivity index (χ2v) is 12.9. The van der Waals surface area contributed by atoms with Crippen LogP contribution in [0.1, 0.15) is 54.9 Å². The van der Waals surface area contributed by atoms with Crippen LogP contribution in [0.5, 0.6) is 0 Å². The van der Waals surface area contributed by atoms with E-state index in [9.17, 15) is 18.0 Å². The van der Waals surface area contributed by atoms with E-state index in [1.54, 1.807) is 17.0 Å². The Hall–Kier alpha value is -3.65. The Morgan fingerprint density at radius 2 is 1.56 bits per heavy atom. The molecule has 3 aromatic carbocycles. The number of nitrogens with zero attached hydrogens (tertiary/aromatic N) is 2. The second kappa shape index (κ2) is 13.8. The monoisotopic (exact) mass is 575 g/mol. The summed E-state index contributed by atoms with van der Waals surface area (Å²) < 4.78 is 27.0. The number of aryl methyl sites for hydroxylation is 2. The van der Waals surface area contributed by atoms with E-state index in [0.717, 1.165) is 64.9 Å². The number of hydrogen-bond acceptors (Lipinski definition) is 4. The Balaban J connectivity index is 1.71. The van der Waals surface area contributed by atoms with E-state index < -0.39 is 28.5 Å².